The van der Waals surface area contributed by atoms with Crippen LogP contribution >= 0.6 is 0 Å². The molecule has 2 saturated heterocycles. The average molecular weight is 566 g/mol. The molecule has 3 aliphatic rings. The van der Waals surface area contributed by atoms with Crippen LogP contribution in [-0.4, -0.2) is 72.5 Å². The van der Waals surface area contributed by atoms with E-state index in [4.69, 9.17) is 5.10 Å². The number of benzene rings is 1. The van der Waals surface area contributed by atoms with Gasteiger partial charge in [0.1, 0.15) is 11.5 Å². The third-order valence-corrected chi connectivity index (χ3v) is 9.00. The van der Waals surface area contributed by atoms with E-state index in [2.05, 4.69) is 20.9 Å². The number of halogens is 1. The Morgan fingerprint density at radius 2 is 1.82 bits per heavy atom. The summed E-state index contributed by atoms with van der Waals surface area (Å²) in [4.78, 5) is 22.3. The molecule has 0 radical (unpaired) electrons. The van der Waals surface area contributed by atoms with Crippen LogP contribution in [0.4, 0.5) is 10.1 Å². The summed E-state index contributed by atoms with van der Waals surface area (Å²) in [5.41, 5.74) is 2.75. The lowest BCUT2D eigenvalue weighted by molar-refractivity contribution is 0.0977. The molecule has 6 rings (SSSR count). The Kier molecular flexibility index (Phi) is 6.96. The molecule has 2 aliphatic heterocycles. The predicted octanol–water partition coefficient (Wildman–Crippen LogP) is 3.33. The highest BCUT2D eigenvalue weighted by Gasteiger charge is 2.34. The first-order chi connectivity index (χ1) is 19.2. The van der Waals surface area contributed by atoms with E-state index in [0.717, 1.165) is 87.7 Å². The first kappa shape index (κ1) is 26.7. The largest absolute Gasteiger partial charge is 0.371 e. The molecule has 2 aromatic heterocycles. The number of carbonyl (C=O) groups excluding carboxylic acids is 1. The maximum Gasteiger partial charge on any atom is 0.283 e. The highest BCUT2D eigenvalue weighted by molar-refractivity contribution is 7.89. The zero-order valence-electron chi connectivity index (χ0n) is 22.4. The van der Waals surface area contributed by atoms with Gasteiger partial charge in [-0.1, -0.05) is 6.42 Å². The zero-order chi connectivity index (χ0) is 28.0. The quantitative estimate of drug-likeness (QED) is 0.483. The summed E-state index contributed by atoms with van der Waals surface area (Å²) in [6.45, 7) is 3.24. The Labute approximate surface area is 232 Å². The van der Waals surface area contributed by atoms with E-state index >= 15 is 0 Å². The second-order valence-corrected chi connectivity index (χ2v) is 12.9. The van der Waals surface area contributed by atoms with Gasteiger partial charge in [0.15, 0.2) is 5.65 Å². The van der Waals surface area contributed by atoms with Crippen LogP contribution in [0.3, 0.4) is 0 Å². The number of nitrogens with zero attached hydrogens (tertiary/aromatic N) is 6. The standard InChI is InChI=1S/C28H32FN7O3S/c1-40(38,39)33-28(37)23-15-24(34-13-10-21(11-14-34)35-12-9-18(16-30)17-35)25-26(19-3-2-4-19)32-36(27(25)31-23)22-7-5-20(29)6-8-22/h5-8,15,18-19,21H,2-4,9-14,17H2,1H3,(H,33,37). The number of hydrogen-bond acceptors (Lipinski definition) is 8. The third-order valence-electron chi connectivity index (χ3n) is 8.44. The number of amides is 1. The molecule has 1 aliphatic carbocycles. The molecule has 0 bridgehead atoms. The molecular weight excluding hydrogens is 533 g/mol. The van der Waals surface area contributed by atoms with Crippen LogP contribution in [0.5, 0.6) is 0 Å². The van der Waals surface area contributed by atoms with Crippen LogP contribution in [0.1, 0.15) is 60.6 Å². The summed E-state index contributed by atoms with van der Waals surface area (Å²) >= 11 is 0. The maximum atomic E-state index is 13.8. The number of carbonyl (C=O) groups is 1. The average Bonchev–Trinajstić information content (AvgIpc) is 3.52. The topological polar surface area (TPSA) is 124 Å². The SMILES string of the molecule is CS(=O)(=O)NC(=O)c1cc(N2CCC(N3CCC(C#N)C3)CC2)c2c(C3CCC3)nn(-c3ccc(F)cc3)c2n1. The molecule has 1 amide bonds. The lowest BCUT2D eigenvalue weighted by Gasteiger charge is -2.38. The van der Waals surface area contributed by atoms with Gasteiger partial charge in [-0.25, -0.2) is 27.2 Å². The van der Waals surface area contributed by atoms with Gasteiger partial charge in [0, 0.05) is 31.6 Å². The van der Waals surface area contributed by atoms with E-state index in [0.29, 0.717) is 17.4 Å². The Balaban J connectivity index is 1.43. The number of anilines is 1. The molecule has 12 heteroatoms. The predicted molar refractivity (Wildman–Crippen MR) is 148 cm³/mol. The number of piperidine rings is 1. The number of aromatic nitrogens is 3. The highest BCUT2D eigenvalue weighted by Crippen LogP contribution is 2.43. The second kappa shape index (κ2) is 10.4. The molecule has 4 heterocycles. The van der Waals surface area contributed by atoms with E-state index < -0.39 is 15.9 Å². The van der Waals surface area contributed by atoms with Gasteiger partial charge in [-0.3, -0.25) is 9.69 Å². The van der Waals surface area contributed by atoms with Gasteiger partial charge in [0.2, 0.25) is 10.0 Å². The number of nitriles is 1. The zero-order valence-corrected chi connectivity index (χ0v) is 23.2. The van der Waals surface area contributed by atoms with Crippen LogP contribution in [0.25, 0.3) is 16.7 Å². The van der Waals surface area contributed by atoms with Crippen molar-refractivity contribution in [2.45, 2.75) is 50.5 Å². The molecule has 1 aromatic carbocycles. The molecule has 1 atom stereocenters. The highest BCUT2D eigenvalue weighted by atomic mass is 32.2. The summed E-state index contributed by atoms with van der Waals surface area (Å²) in [6.07, 6.45) is 6.79. The molecule has 3 fully saturated rings. The first-order valence-corrected chi connectivity index (χ1v) is 15.7. The minimum Gasteiger partial charge on any atom is -0.371 e. The first-order valence-electron chi connectivity index (χ1n) is 13.8. The Morgan fingerprint density at radius 3 is 2.42 bits per heavy atom. The smallest absolute Gasteiger partial charge is 0.283 e. The molecule has 1 N–H and O–H groups in total. The summed E-state index contributed by atoms with van der Waals surface area (Å²) in [6, 6.07) is 10.4. The van der Waals surface area contributed by atoms with Crippen molar-refractivity contribution in [2.24, 2.45) is 5.92 Å². The van der Waals surface area contributed by atoms with Crippen LogP contribution in [0, 0.1) is 23.1 Å². The maximum absolute atomic E-state index is 13.8. The number of fused-ring (bicyclic) bond motifs is 1. The fraction of sp³-hybridized carbons (Fsp3) is 0.500. The van der Waals surface area contributed by atoms with Gasteiger partial charge in [-0.15, -0.1) is 0 Å². The Hall–Kier alpha value is -3.56. The summed E-state index contributed by atoms with van der Waals surface area (Å²) in [7, 11) is -3.80. The van der Waals surface area contributed by atoms with E-state index in [1.165, 1.54) is 12.1 Å². The lowest BCUT2D eigenvalue weighted by Crippen LogP contribution is -2.44. The Morgan fingerprint density at radius 1 is 1.10 bits per heavy atom. The van der Waals surface area contributed by atoms with Gasteiger partial charge >= 0.3 is 0 Å². The van der Waals surface area contributed by atoms with Crippen molar-refractivity contribution in [3.63, 3.8) is 0 Å². The van der Waals surface area contributed by atoms with Crippen LogP contribution in [0.2, 0.25) is 0 Å². The van der Waals surface area contributed by atoms with Crippen LogP contribution in [0.15, 0.2) is 30.3 Å². The van der Waals surface area contributed by atoms with E-state index in [1.807, 2.05) is 4.72 Å². The summed E-state index contributed by atoms with van der Waals surface area (Å²) < 4.78 is 41.2. The third kappa shape index (κ3) is 5.15. The number of pyridine rings is 1. The van der Waals surface area contributed by atoms with Crippen molar-refractivity contribution >= 4 is 32.7 Å². The molecule has 1 saturated carbocycles. The summed E-state index contributed by atoms with van der Waals surface area (Å²) in [5.74, 6) is -0.831. The van der Waals surface area contributed by atoms with Crippen LogP contribution in [-0.2, 0) is 10.0 Å². The number of hydrogen-bond donors (Lipinski definition) is 1. The van der Waals surface area contributed by atoms with Crippen LogP contribution < -0.4 is 9.62 Å². The van der Waals surface area contributed by atoms with Gasteiger partial charge in [0.05, 0.1) is 40.7 Å². The Bertz CT molecular complexity index is 1590. The number of rotatable bonds is 6. The molecule has 210 valence electrons. The molecule has 3 aromatic rings. The normalized spacial score (nSPS) is 20.9. The molecular formula is C28H32FN7O3S. The second-order valence-electron chi connectivity index (χ2n) is 11.2. The van der Waals surface area contributed by atoms with Crippen molar-refractivity contribution in [2.75, 3.05) is 37.3 Å². The van der Waals surface area contributed by atoms with Gasteiger partial charge < -0.3 is 4.90 Å². The van der Waals surface area contributed by atoms with Crippen molar-refractivity contribution in [1.82, 2.24) is 24.4 Å². The molecule has 40 heavy (non-hydrogen) atoms. The van der Waals surface area contributed by atoms with Gasteiger partial charge in [-0.05, 0) is 69.0 Å². The van der Waals surface area contributed by atoms with Crippen molar-refractivity contribution < 1.29 is 17.6 Å². The van der Waals surface area contributed by atoms with E-state index in [9.17, 15) is 22.9 Å². The van der Waals surface area contributed by atoms with Crippen molar-refractivity contribution in [1.29, 1.82) is 5.26 Å². The monoisotopic (exact) mass is 565 g/mol. The van der Waals surface area contributed by atoms with Gasteiger partial charge in [-0.2, -0.15) is 10.4 Å². The number of sulfonamides is 1. The van der Waals surface area contributed by atoms with E-state index in [1.54, 1.807) is 22.9 Å². The number of nitrogens with one attached hydrogen (secondary N) is 1. The fourth-order valence-electron chi connectivity index (χ4n) is 6.14. The minimum absolute atomic E-state index is 0.0186. The van der Waals surface area contributed by atoms with Crippen molar-refractivity contribution in [3.8, 4) is 11.8 Å². The molecule has 10 nitrogen and oxygen atoms in total. The fourth-order valence-corrected chi connectivity index (χ4v) is 6.58. The lowest BCUT2D eigenvalue weighted by atomic mass is 9.82. The van der Waals surface area contributed by atoms with Gasteiger partial charge in [0.25, 0.3) is 5.91 Å². The molecule has 0 spiro atoms. The number of likely N-dealkylation sites (tertiary alicyclic amines) is 1. The minimum atomic E-state index is -3.80. The molecule has 1 unspecified atom stereocenters. The van der Waals surface area contributed by atoms with Crippen molar-refractivity contribution in [3.05, 3.63) is 47.5 Å². The summed E-state index contributed by atoms with van der Waals surface area (Å²) in [5, 5.41) is 15.1. The van der Waals surface area contributed by atoms with E-state index in [-0.39, 0.29) is 23.3 Å².